The number of nitrogens with zero attached hydrogens (tertiary/aromatic N) is 3. The van der Waals surface area contributed by atoms with Crippen molar-refractivity contribution >= 4 is 11.8 Å². The van der Waals surface area contributed by atoms with Crippen molar-refractivity contribution < 1.29 is 14.7 Å². The van der Waals surface area contributed by atoms with E-state index < -0.39 is 17.9 Å². The molecule has 29 heavy (non-hydrogen) atoms. The highest BCUT2D eigenvalue weighted by atomic mass is 16.3. The first-order valence-corrected chi connectivity index (χ1v) is 9.82. The highest BCUT2D eigenvalue weighted by Crippen LogP contribution is 2.34. The molecule has 0 spiro atoms. The first kappa shape index (κ1) is 20.6. The van der Waals surface area contributed by atoms with Crippen molar-refractivity contribution in [3.05, 3.63) is 41.2 Å². The van der Waals surface area contributed by atoms with Crippen molar-refractivity contribution in [3.8, 4) is 23.2 Å². The minimum Gasteiger partial charge on any atom is -0.372 e. The van der Waals surface area contributed by atoms with E-state index in [9.17, 15) is 14.7 Å². The monoisotopic (exact) mass is 394 g/mol. The van der Waals surface area contributed by atoms with Crippen LogP contribution in [0.3, 0.4) is 0 Å². The van der Waals surface area contributed by atoms with Gasteiger partial charge in [-0.05, 0) is 43.9 Å². The Hall–Kier alpha value is -3.11. The largest absolute Gasteiger partial charge is 0.372 e. The maximum atomic E-state index is 12.0. The van der Waals surface area contributed by atoms with Crippen LogP contribution in [0.5, 0.6) is 0 Å². The molecule has 0 saturated carbocycles. The third-order valence-corrected chi connectivity index (χ3v) is 5.38. The maximum Gasteiger partial charge on any atom is 0.268 e. The number of aryl methyl sites for hydroxylation is 1. The summed E-state index contributed by atoms with van der Waals surface area (Å²) >= 11 is 0. The van der Waals surface area contributed by atoms with Crippen LogP contribution < -0.4 is 5.73 Å². The van der Waals surface area contributed by atoms with E-state index in [-0.39, 0.29) is 11.7 Å². The van der Waals surface area contributed by atoms with Crippen LogP contribution in [0, 0.1) is 11.8 Å². The minimum atomic E-state index is -1.37. The van der Waals surface area contributed by atoms with Crippen LogP contribution in [-0.2, 0) is 11.2 Å². The molecule has 3 rings (SSSR count). The summed E-state index contributed by atoms with van der Waals surface area (Å²) in [5.41, 5.74) is 8.37. The van der Waals surface area contributed by atoms with Crippen molar-refractivity contribution in [3.63, 3.8) is 0 Å². The topological polar surface area (TPSA) is 101 Å². The van der Waals surface area contributed by atoms with E-state index in [1.54, 1.807) is 13.2 Å². The first-order chi connectivity index (χ1) is 13.8. The number of nitrogens with two attached hydrogens (primary N) is 1. The van der Waals surface area contributed by atoms with Crippen molar-refractivity contribution in [2.45, 2.75) is 45.3 Å². The SMILES string of the molecule is CCC1CCc2ccc(C#CC(O)C(=O)N(C)CC)cc2-c2nc(C(N)=O)cn21. The number of benzene rings is 1. The van der Waals surface area contributed by atoms with Gasteiger partial charge in [-0.2, -0.15) is 0 Å². The average molecular weight is 394 g/mol. The fourth-order valence-corrected chi connectivity index (χ4v) is 3.51. The third-order valence-electron chi connectivity index (χ3n) is 5.38. The van der Waals surface area contributed by atoms with Crippen LogP contribution >= 0.6 is 0 Å². The lowest BCUT2D eigenvalue weighted by molar-refractivity contribution is -0.135. The van der Waals surface area contributed by atoms with E-state index in [2.05, 4.69) is 23.7 Å². The second kappa shape index (κ2) is 8.50. The summed E-state index contributed by atoms with van der Waals surface area (Å²) in [5.74, 6) is 5.21. The molecule has 2 heterocycles. The van der Waals surface area contributed by atoms with Gasteiger partial charge in [0, 0.05) is 37.0 Å². The number of aliphatic hydroxyl groups excluding tert-OH is 1. The summed E-state index contributed by atoms with van der Waals surface area (Å²) < 4.78 is 2.03. The molecule has 1 aliphatic rings. The summed E-state index contributed by atoms with van der Waals surface area (Å²) in [6.45, 7) is 4.44. The standard InChI is InChI=1S/C22H26N4O3/c1-4-16-10-9-15-8-6-14(7-11-19(27)22(29)25(3)5-2)12-17(15)21-24-18(20(23)28)13-26(16)21/h6,8,12-13,16,19,27H,4-5,9-10H2,1-3H3,(H2,23,28). The first-order valence-electron chi connectivity index (χ1n) is 9.82. The van der Waals surface area contributed by atoms with Gasteiger partial charge in [-0.3, -0.25) is 9.59 Å². The predicted octanol–water partition coefficient (Wildman–Crippen LogP) is 1.74. The highest BCUT2D eigenvalue weighted by Gasteiger charge is 2.24. The number of primary amides is 1. The van der Waals surface area contributed by atoms with Gasteiger partial charge in [0.05, 0.1) is 0 Å². The van der Waals surface area contributed by atoms with Crippen molar-refractivity contribution in [1.82, 2.24) is 14.5 Å². The molecule has 2 aromatic rings. The van der Waals surface area contributed by atoms with E-state index in [1.165, 1.54) is 4.90 Å². The quantitative estimate of drug-likeness (QED) is 0.771. The predicted molar refractivity (Wildman–Crippen MR) is 110 cm³/mol. The molecule has 7 nitrogen and oxygen atoms in total. The fourth-order valence-electron chi connectivity index (χ4n) is 3.51. The van der Waals surface area contributed by atoms with Crippen molar-refractivity contribution in [1.29, 1.82) is 0 Å². The van der Waals surface area contributed by atoms with Crippen LogP contribution in [0.2, 0.25) is 0 Å². The number of rotatable bonds is 4. The second-order valence-corrected chi connectivity index (χ2v) is 7.22. The van der Waals surface area contributed by atoms with E-state index in [4.69, 9.17) is 5.73 Å². The number of carbonyl (C=O) groups is 2. The van der Waals surface area contributed by atoms with Crippen LogP contribution in [-0.4, -0.2) is 51.1 Å². The molecule has 7 heteroatoms. The molecule has 0 aliphatic carbocycles. The molecular formula is C22H26N4O3. The Morgan fingerprint density at radius 2 is 2.17 bits per heavy atom. The van der Waals surface area contributed by atoms with Crippen molar-refractivity contribution in [2.24, 2.45) is 5.73 Å². The molecule has 2 unspecified atom stereocenters. The zero-order valence-electron chi connectivity index (χ0n) is 17.0. The Morgan fingerprint density at radius 1 is 1.41 bits per heavy atom. The van der Waals surface area contributed by atoms with Gasteiger partial charge in [0.2, 0.25) is 0 Å². The Morgan fingerprint density at radius 3 is 2.83 bits per heavy atom. The lowest BCUT2D eigenvalue weighted by Crippen LogP contribution is -2.35. The number of hydrogen-bond acceptors (Lipinski definition) is 4. The number of amides is 2. The molecule has 0 saturated heterocycles. The number of aliphatic hydroxyl groups is 1. The summed E-state index contributed by atoms with van der Waals surface area (Å²) in [6.07, 6.45) is 3.10. The number of fused-ring (bicyclic) bond motifs is 3. The Kier molecular flexibility index (Phi) is 6.04. The minimum absolute atomic E-state index is 0.233. The van der Waals surface area contributed by atoms with Gasteiger partial charge in [0.1, 0.15) is 11.5 Å². The Balaban J connectivity index is 2.00. The molecule has 1 aliphatic heterocycles. The van der Waals surface area contributed by atoms with E-state index in [0.29, 0.717) is 17.9 Å². The maximum absolute atomic E-state index is 12.0. The molecule has 0 bridgehead atoms. The molecule has 1 aromatic carbocycles. The molecule has 3 N–H and O–H groups in total. The van der Waals surface area contributed by atoms with Crippen LogP contribution in [0.25, 0.3) is 11.4 Å². The lowest BCUT2D eigenvalue weighted by atomic mass is 9.99. The van der Waals surface area contributed by atoms with Gasteiger partial charge in [-0.15, -0.1) is 0 Å². The van der Waals surface area contributed by atoms with E-state index in [0.717, 1.165) is 30.4 Å². The number of hydrogen-bond donors (Lipinski definition) is 2. The van der Waals surface area contributed by atoms with Gasteiger partial charge in [-0.1, -0.05) is 24.8 Å². The van der Waals surface area contributed by atoms with Gasteiger partial charge in [-0.25, -0.2) is 4.98 Å². The van der Waals surface area contributed by atoms with Gasteiger partial charge >= 0.3 is 0 Å². The number of imidazole rings is 1. The van der Waals surface area contributed by atoms with Crippen LogP contribution in [0.15, 0.2) is 24.4 Å². The van der Waals surface area contributed by atoms with Gasteiger partial charge < -0.3 is 20.3 Å². The molecule has 2 atom stereocenters. The van der Waals surface area contributed by atoms with Gasteiger partial charge in [0.25, 0.3) is 11.8 Å². The van der Waals surface area contributed by atoms with Crippen LogP contribution in [0.1, 0.15) is 54.3 Å². The number of likely N-dealkylation sites (N-methyl/N-ethyl adjacent to an activating group) is 1. The zero-order valence-corrected chi connectivity index (χ0v) is 17.0. The van der Waals surface area contributed by atoms with E-state index in [1.807, 2.05) is 29.7 Å². The molecule has 152 valence electrons. The van der Waals surface area contributed by atoms with Gasteiger partial charge in [0.15, 0.2) is 6.10 Å². The number of aromatic nitrogens is 2. The molecule has 0 radical (unpaired) electrons. The lowest BCUT2D eigenvalue weighted by Gasteiger charge is -2.15. The summed E-state index contributed by atoms with van der Waals surface area (Å²) in [6, 6.07) is 6.00. The highest BCUT2D eigenvalue weighted by molar-refractivity contribution is 5.91. The van der Waals surface area contributed by atoms with Crippen LogP contribution in [0.4, 0.5) is 0 Å². The fraction of sp³-hybridized carbons (Fsp3) is 0.409. The average Bonchev–Trinajstić information content (AvgIpc) is 3.11. The summed E-state index contributed by atoms with van der Waals surface area (Å²) in [5, 5.41) is 10.0. The number of carbonyl (C=O) groups excluding carboxylic acids is 2. The second-order valence-electron chi connectivity index (χ2n) is 7.22. The third kappa shape index (κ3) is 4.17. The summed E-state index contributed by atoms with van der Waals surface area (Å²) in [7, 11) is 1.62. The Bertz CT molecular complexity index is 999. The zero-order chi connectivity index (χ0) is 21.1. The van der Waals surface area contributed by atoms with Crippen molar-refractivity contribution in [2.75, 3.05) is 13.6 Å². The Labute approximate surface area is 170 Å². The molecular weight excluding hydrogens is 368 g/mol. The molecule has 1 aromatic heterocycles. The normalized spacial score (nSPS) is 15.9. The molecule has 0 fully saturated rings. The summed E-state index contributed by atoms with van der Waals surface area (Å²) in [4.78, 5) is 29.5. The smallest absolute Gasteiger partial charge is 0.268 e. The van der Waals surface area contributed by atoms with E-state index >= 15 is 0 Å². The molecule has 2 amide bonds.